The van der Waals surface area contributed by atoms with Crippen LogP contribution in [-0.2, 0) is 13.0 Å². The second kappa shape index (κ2) is 9.61. The number of aromatic nitrogens is 2. The van der Waals surface area contributed by atoms with Gasteiger partial charge in [-0.2, -0.15) is 9.78 Å². The van der Waals surface area contributed by atoms with Crippen molar-refractivity contribution in [2.75, 3.05) is 0 Å². The monoisotopic (exact) mass is 511 g/mol. The maximum absolute atomic E-state index is 13.0. The van der Waals surface area contributed by atoms with Crippen LogP contribution in [0.3, 0.4) is 0 Å². The molecule has 0 radical (unpaired) electrons. The molecule has 0 bridgehead atoms. The summed E-state index contributed by atoms with van der Waals surface area (Å²) in [5.74, 6) is 1.39. The maximum atomic E-state index is 13.0. The van der Waals surface area contributed by atoms with Crippen molar-refractivity contribution in [2.24, 2.45) is 5.10 Å². The summed E-state index contributed by atoms with van der Waals surface area (Å²) in [5.41, 5.74) is 2.49. The number of halogens is 1. The molecule has 34 heavy (non-hydrogen) atoms. The van der Waals surface area contributed by atoms with Crippen molar-refractivity contribution in [1.29, 1.82) is 0 Å². The van der Waals surface area contributed by atoms with Crippen molar-refractivity contribution in [2.45, 2.75) is 20.0 Å². The standard InChI is InChI=1S/C28H22BrN3O2/c1-2-27-31-26-15-12-22(29)16-25(26)28(33)32(27)30-17-19-10-13-23(14-11-19)34-18-21-8-5-7-20-6-3-4-9-24(20)21/h3-17H,2,18H2,1H3. The molecule has 0 aliphatic heterocycles. The molecule has 0 aliphatic carbocycles. The molecule has 0 saturated heterocycles. The molecule has 0 fully saturated rings. The summed E-state index contributed by atoms with van der Waals surface area (Å²) in [6, 6.07) is 27.7. The zero-order valence-electron chi connectivity index (χ0n) is 18.6. The predicted molar refractivity (Wildman–Crippen MR) is 141 cm³/mol. The van der Waals surface area contributed by atoms with Crippen LogP contribution < -0.4 is 10.3 Å². The van der Waals surface area contributed by atoms with Crippen LogP contribution in [0.2, 0.25) is 0 Å². The minimum atomic E-state index is -0.186. The molecule has 0 N–H and O–H groups in total. The van der Waals surface area contributed by atoms with Crippen LogP contribution in [0.25, 0.3) is 21.7 Å². The van der Waals surface area contributed by atoms with E-state index in [4.69, 9.17) is 4.74 Å². The van der Waals surface area contributed by atoms with Gasteiger partial charge in [0.2, 0.25) is 0 Å². The molecule has 5 nitrogen and oxygen atoms in total. The van der Waals surface area contributed by atoms with E-state index >= 15 is 0 Å². The number of aryl methyl sites for hydroxylation is 1. The molecule has 0 amide bonds. The van der Waals surface area contributed by atoms with Gasteiger partial charge < -0.3 is 4.74 Å². The van der Waals surface area contributed by atoms with Crippen molar-refractivity contribution in [3.05, 3.63) is 117 Å². The van der Waals surface area contributed by atoms with Crippen LogP contribution in [0.4, 0.5) is 0 Å². The number of rotatable bonds is 6. The molecule has 0 unspecified atom stereocenters. The predicted octanol–water partition coefficient (Wildman–Crippen LogP) is 6.34. The van der Waals surface area contributed by atoms with E-state index in [9.17, 15) is 4.79 Å². The molecule has 4 aromatic carbocycles. The summed E-state index contributed by atoms with van der Waals surface area (Å²) in [6.07, 6.45) is 2.26. The Hall–Kier alpha value is -3.77. The first-order valence-electron chi connectivity index (χ1n) is 11.1. The third-order valence-corrected chi connectivity index (χ3v) is 6.16. The van der Waals surface area contributed by atoms with Crippen molar-refractivity contribution in [3.63, 3.8) is 0 Å². The van der Waals surface area contributed by atoms with E-state index in [2.05, 4.69) is 50.3 Å². The summed E-state index contributed by atoms with van der Waals surface area (Å²) in [4.78, 5) is 17.6. The Labute approximate surface area is 205 Å². The van der Waals surface area contributed by atoms with Crippen molar-refractivity contribution >= 4 is 43.8 Å². The molecule has 0 saturated carbocycles. The summed E-state index contributed by atoms with van der Waals surface area (Å²) in [7, 11) is 0. The Balaban J connectivity index is 1.35. The first kappa shape index (κ1) is 22.0. The number of ether oxygens (including phenoxy) is 1. The SMILES string of the molecule is CCc1nc2ccc(Br)cc2c(=O)n1N=Cc1ccc(OCc2cccc3ccccc23)cc1. The molecule has 1 aromatic heterocycles. The van der Waals surface area contributed by atoms with Gasteiger partial charge in [0.05, 0.1) is 17.1 Å². The average molecular weight is 512 g/mol. The molecule has 168 valence electrons. The molecular formula is C28H22BrN3O2. The summed E-state index contributed by atoms with van der Waals surface area (Å²) in [5, 5.41) is 7.37. The molecule has 1 heterocycles. The normalized spacial score (nSPS) is 11.5. The molecule has 0 spiro atoms. The van der Waals surface area contributed by atoms with Gasteiger partial charge in [-0.1, -0.05) is 65.3 Å². The lowest BCUT2D eigenvalue weighted by Gasteiger charge is -2.09. The third kappa shape index (κ3) is 4.50. The highest BCUT2D eigenvalue weighted by Gasteiger charge is 2.09. The molecule has 0 aliphatic rings. The fourth-order valence-electron chi connectivity index (χ4n) is 3.90. The van der Waals surface area contributed by atoms with Gasteiger partial charge in [-0.15, -0.1) is 0 Å². The van der Waals surface area contributed by atoms with Gasteiger partial charge in [0, 0.05) is 10.9 Å². The first-order valence-corrected chi connectivity index (χ1v) is 11.9. The van der Waals surface area contributed by atoms with Gasteiger partial charge in [0.1, 0.15) is 18.2 Å². The smallest absolute Gasteiger partial charge is 0.282 e. The molecule has 0 atom stereocenters. The van der Waals surface area contributed by atoms with E-state index in [1.54, 1.807) is 12.3 Å². The van der Waals surface area contributed by atoms with Crippen molar-refractivity contribution in [3.8, 4) is 5.75 Å². The summed E-state index contributed by atoms with van der Waals surface area (Å²) >= 11 is 3.42. The van der Waals surface area contributed by atoms with E-state index in [1.807, 2.05) is 61.5 Å². The van der Waals surface area contributed by atoms with Crippen molar-refractivity contribution in [1.82, 2.24) is 9.66 Å². The highest BCUT2D eigenvalue weighted by atomic mass is 79.9. The van der Waals surface area contributed by atoms with Crippen LogP contribution in [0, 0.1) is 0 Å². The van der Waals surface area contributed by atoms with Gasteiger partial charge in [-0.3, -0.25) is 4.79 Å². The molecule has 6 heteroatoms. The topological polar surface area (TPSA) is 56.5 Å². The van der Waals surface area contributed by atoms with Gasteiger partial charge in [-0.05, 0) is 64.4 Å². The minimum absolute atomic E-state index is 0.186. The number of hydrogen-bond acceptors (Lipinski definition) is 4. The zero-order chi connectivity index (χ0) is 23.5. The Bertz CT molecular complexity index is 1570. The number of fused-ring (bicyclic) bond motifs is 2. The first-order chi connectivity index (χ1) is 16.6. The number of nitrogens with zero attached hydrogens (tertiary/aromatic N) is 3. The second-order valence-corrected chi connectivity index (χ2v) is 8.82. The van der Waals surface area contributed by atoms with Crippen LogP contribution in [0.1, 0.15) is 23.9 Å². The van der Waals surface area contributed by atoms with Gasteiger partial charge >= 0.3 is 0 Å². The average Bonchev–Trinajstić information content (AvgIpc) is 2.87. The largest absolute Gasteiger partial charge is 0.489 e. The Morgan fingerprint density at radius 2 is 1.76 bits per heavy atom. The van der Waals surface area contributed by atoms with E-state index in [0.29, 0.717) is 29.8 Å². The van der Waals surface area contributed by atoms with E-state index in [-0.39, 0.29) is 5.56 Å². The van der Waals surface area contributed by atoms with E-state index in [0.717, 1.165) is 21.3 Å². The highest BCUT2D eigenvalue weighted by molar-refractivity contribution is 9.10. The lowest BCUT2D eigenvalue weighted by molar-refractivity contribution is 0.307. The second-order valence-electron chi connectivity index (χ2n) is 7.90. The highest BCUT2D eigenvalue weighted by Crippen LogP contribution is 2.21. The Morgan fingerprint density at radius 1 is 0.971 bits per heavy atom. The zero-order valence-corrected chi connectivity index (χ0v) is 20.2. The number of benzene rings is 4. The lowest BCUT2D eigenvalue weighted by Crippen LogP contribution is -2.22. The maximum Gasteiger partial charge on any atom is 0.282 e. The van der Waals surface area contributed by atoms with Crippen LogP contribution in [0.15, 0.2) is 99.3 Å². The Morgan fingerprint density at radius 3 is 2.59 bits per heavy atom. The summed E-state index contributed by atoms with van der Waals surface area (Å²) < 4.78 is 8.22. The van der Waals surface area contributed by atoms with Crippen LogP contribution >= 0.6 is 15.9 Å². The fraction of sp³-hybridized carbons (Fsp3) is 0.107. The molecule has 5 rings (SSSR count). The van der Waals surface area contributed by atoms with Crippen LogP contribution in [0.5, 0.6) is 5.75 Å². The van der Waals surface area contributed by atoms with Crippen LogP contribution in [-0.4, -0.2) is 15.9 Å². The van der Waals surface area contributed by atoms with Crippen molar-refractivity contribution < 1.29 is 4.74 Å². The van der Waals surface area contributed by atoms with E-state index < -0.39 is 0 Å². The Kier molecular flexibility index (Phi) is 6.23. The quantitative estimate of drug-likeness (QED) is 0.250. The minimum Gasteiger partial charge on any atom is -0.489 e. The summed E-state index contributed by atoms with van der Waals surface area (Å²) in [6.45, 7) is 2.45. The van der Waals surface area contributed by atoms with Gasteiger partial charge in [-0.25, -0.2) is 4.98 Å². The lowest BCUT2D eigenvalue weighted by atomic mass is 10.1. The number of hydrogen-bond donors (Lipinski definition) is 0. The fourth-order valence-corrected chi connectivity index (χ4v) is 4.26. The van der Waals surface area contributed by atoms with E-state index in [1.165, 1.54) is 15.4 Å². The molecule has 5 aromatic rings. The van der Waals surface area contributed by atoms with Gasteiger partial charge in [0.25, 0.3) is 5.56 Å². The molecular weight excluding hydrogens is 490 g/mol. The van der Waals surface area contributed by atoms with Gasteiger partial charge in [0.15, 0.2) is 0 Å². The third-order valence-electron chi connectivity index (χ3n) is 5.67.